The molecule has 2 aromatic rings. The minimum absolute atomic E-state index is 0.374. The van der Waals surface area contributed by atoms with Gasteiger partial charge < -0.3 is 4.57 Å². The second kappa shape index (κ2) is 5.85. The first-order valence-electron chi connectivity index (χ1n) is 6.21. The number of carbonyl (C=O) groups excluding carboxylic acids is 1. The van der Waals surface area contributed by atoms with E-state index in [2.05, 4.69) is 0 Å². The maximum Gasteiger partial charge on any atom is 0.417 e. The van der Waals surface area contributed by atoms with Crippen LogP contribution < -0.4 is 5.56 Å². The van der Waals surface area contributed by atoms with Gasteiger partial charge >= 0.3 is 6.18 Å². The van der Waals surface area contributed by atoms with Crippen molar-refractivity contribution in [2.45, 2.75) is 26.1 Å². The van der Waals surface area contributed by atoms with Gasteiger partial charge in [0.25, 0.3) is 5.56 Å². The third-order valence-electron chi connectivity index (χ3n) is 2.91. The van der Waals surface area contributed by atoms with Gasteiger partial charge in [0.1, 0.15) is 0 Å². The fourth-order valence-electron chi connectivity index (χ4n) is 1.77. The van der Waals surface area contributed by atoms with E-state index in [-0.39, 0.29) is 5.78 Å². The molecular weight excluding hydrogens is 303 g/mol. The van der Waals surface area contributed by atoms with Crippen molar-refractivity contribution in [1.82, 2.24) is 4.57 Å². The van der Waals surface area contributed by atoms with Crippen molar-refractivity contribution in [3.05, 3.63) is 56.1 Å². The Balaban J connectivity index is 2.26. The first-order valence-corrected chi connectivity index (χ1v) is 7.02. The average molecular weight is 315 g/mol. The molecule has 2 heterocycles. The van der Waals surface area contributed by atoms with E-state index in [1.807, 2.05) is 6.92 Å². The van der Waals surface area contributed by atoms with Crippen LogP contribution in [0.25, 0.3) is 0 Å². The zero-order valence-corrected chi connectivity index (χ0v) is 11.9. The molecule has 0 atom stereocenters. The summed E-state index contributed by atoms with van der Waals surface area (Å²) in [6.45, 7) is 1.55. The standard InChI is InChI=1S/C14H12F3NO2S/c1-2-10-4-5-12(21-10)11(19)8-18-7-9(14(15,16)17)3-6-13(18)20/h3-7H,2,8H2,1H3. The van der Waals surface area contributed by atoms with Gasteiger partial charge in [-0.15, -0.1) is 11.3 Å². The number of thiophene rings is 1. The summed E-state index contributed by atoms with van der Waals surface area (Å²) in [5, 5.41) is 0. The summed E-state index contributed by atoms with van der Waals surface area (Å²) in [6.07, 6.45) is -3.09. The molecule has 0 fully saturated rings. The number of carbonyl (C=O) groups is 1. The lowest BCUT2D eigenvalue weighted by Gasteiger charge is -2.09. The highest BCUT2D eigenvalue weighted by Gasteiger charge is 2.31. The zero-order chi connectivity index (χ0) is 15.6. The minimum Gasteiger partial charge on any atom is -0.307 e. The lowest BCUT2D eigenvalue weighted by Crippen LogP contribution is -2.24. The van der Waals surface area contributed by atoms with Gasteiger partial charge in [0.05, 0.1) is 17.0 Å². The Kier molecular flexibility index (Phi) is 4.32. The second-order valence-electron chi connectivity index (χ2n) is 4.42. The molecule has 0 saturated heterocycles. The van der Waals surface area contributed by atoms with Crippen LogP contribution >= 0.6 is 11.3 Å². The van der Waals surface area contributed by atoms with E-state index in [1.165, 1.54) is 11.3 Å². The van der Waals surface area contributed by atoms with E-state index in [9.17, 15) is 22.8 Å². The maximum absolute atomic E-state index is 12.6. The van der Waals surface area contributed by atoms with Crippen LogP contribution in [0.1, 0.15) is 27.0 Å². The van der Waals surface area contributed by atoms with E-state index < -0.39 is 23.8 Å². The van der Waals surface area contributed by atoms with Gasteiger partial charge in [0, 0.05) is 17.1 Å². The molecule has 7 heteroatoms. The monoisotopic (exact) mass is 315 g/mol. The zero-order valence-electron chi connectivity index (χ0n) is 11.1. The van der Waals surface area contributed by atoms with Crippen LogP contribution in [0.5, 0.6) is 0 Å². The lowest BCUT2D eigenvalue weighted by molar-refractivity contribution is -0.138. The highest BCUT2D eigenvalue weighted by Crippen LogP contribution is 2.28. The Morgan fingerprint density at radius 2 is 1.95 bits per heavy atom. The fraction of sp³-hybridized carbons (Fsp3) is 0.286. The van der Waals surface area contributed by atoms with Crippen molar-refractivity contribution in [2.75, 3.05) is 0 Å². The molecule has 112 valence electrons. The summed E-state index contributed by atoms with van der Waals surface area (Å²) >= 11 is 1.29. The number of pyridine rings is 1. The topological polar surface area (TPSA) is 39.1 Å². The molecule has 0 aromatic carbocycles. The largest absolute Gasteiger partial charge is 0.417 e. The molecule has 2 rings (SSSR count). The van der Waals surface area contributed by atoms with E-state index >= 15 is 0 Å². The highest BCUT2D eigenvalue weighted by molar-refractivity contribution is 7.14. The summed E-state index contributed by atoms with van der Waals surface area (Å²) in [5.41, 5.74) is -1.58. The van der Waals surface area contributed by atoms with Gasteiger partial charge in [0.2, 0.25) is 0 Å². The van der Waals surface area contributed by atoms with Crippen molar-refractivity contribution < 1.29 is 18.0 Å². The Morgan fingerprint density at radius 3 is 2.52 bits per heavy atom. The van der Waals surface area contributed by atoms with Crippen LogP contribution in [0.3, 0.4) is 0 Å². The van der Waals surface area contributed by atoms with Crippen LogP contribution in [0.4, 0.5) is 13.2 Å². The number of aryl methyl sites for hydroxylation is 1. The quantitative estimate of drug-likeness (QED) is 0.812. The second-order valence-corrected chi connectivity index (χ2v) is 5.59. The minimum atomic E-state index is -4.54. The van der Waals surface area contributed by atoms with Crippen molar-refractivity contribution in [1.29, 1.82) is 0 Å². The first-order chi connectivity index (χ1) is 9.81. The molecule has 0 saturated carbocycles. The van der Waals surface area contributed by atoms with E-state index in [0.29, 0.717) is 17.1 Å². The lowest BCUT2D eigenvalue weighted by atomic mass is 10.2. The molecule has 21 heavy (non-hydrogen) atoms. The number of alkyl halides is 3. The van der Waals surface area contributed by atoms with Crippen molar-refractivity contribution >= 4 is 17.1 Å². The van der Waals surface area contributed by atoms with Crippen LogP contribution in [0.15, 0.2) is 35.3 Å². The highest BCUT2D eigenvalue weighted by atomic mass is 32.1. The van der Waals surface area contributed by atoms with E-state index in [4.69, 9.17) is 0 Å². The Hall–Kier alpha value is -1.89. The van der Waals surface area contributed by atoms with Gasteiger partial charge in [-0.2, -0.15) is 13.2 Å². The van der Waals surface area contributed by atoms with Gasteiger partial charge in [0.15, 0.2) is 5.78 Å². The molecule has 0 radical (unpaired) electrons. The Bertz CT molecular complexity index is 715. The summed E-state index contributed by atoms with van der Waals surface area (Å²) in [6, 6.07) is 4.96. The van der Waals surface area contributed by atoms with Gasteiger partial charge in [-0.25, -0.2) is 0 Å². The number of ketones is 1. The fourth-order valence-corrected chi connectivity index (χ4v) is 2.65. The number of aromatic nitrogens is 1. The van der Waals surface area contributed by atoms with Gasteiger partial charge in [-0.05, 0) is 24.6 Å². The molecule has 0 aliphatic rings. The summed E-state index contributed by atoms with van der Waals surface area (Å²) in [7, 11) is 0. The van der Waals surface area contributed by atoms with E-state index in [0.717, 1.165) is 21.9 Å². The van der Waals surface area contributed by atoms with Crippen LogP contribution in [0.2, 0.25) is 0 Å². The molecule has 0 aliphatic heterocycles. The van der Waals surface area contributed by atoms with Crippen molar-refractivity contribution in [3.8, 4) is 0 Å². The maximum atomic E-state index is 12.6. The van der Waals surface area contributed by atoms with Gasteiger partial charge in [-0.1, -0.05) is 6.92 Å². The summed E-state index contributed by atoms with van der Waals surface area (Å²) in [5.74, 6) is -0.374. The molecule has 0 amide bonds. The SMILES string of the molecule is CCc1ccc(C(=O)Cn2cc(C(F)(F)F)ccc2=O)s1. The van der Waals surface area contributed by atoms with Gasteiger partial charge in [-0.3, -0.25) is 9.59 Å². The summed E-state index contributed by atoms with van der Waals surface area (Å²) in [4.78, 5) is 25.0. The third kappa shape index (κ3) is 3.60. The third-order valence-corrected chi connectivity index (χ3v) is 4.18. The predicted octanol–water partition coefficient (Wildman–Crippen LogP) is 3.37. The van der Waals surface area contributed by atoms with Crippen molar-refractivity contribution in [2.24, 2.45) is 0 Å². The smallest absolute Gasteiger partial charge is 0.307 e. The average Bonchev–Trinajstić information content (AvgIpc) is 2.88. The molecule has 2 aromatic heterocycles. The molecule has 3 nitrogen and oxygen atoms in total. The Morgan fingerprint density at radius 1 is 1.24 bits per heavy atom. The molecule has 0 unspecified atom stereocenters. The summed E-state index contributed by atoms with van der Waals surface area (Å²) < 4.78 is 38.6. The molecule has 0 N–H and O–H groups in total. The number of Topliss-reactive ketones (excluding diaryl/α,β-unsaturated/α-hetero) is 1. The van der Waals surface area contributed by atoms with Crippen LogP contribution in [-0.4, -0.2) is 10.4 Å². The van der Waals surface area contributed by atoms with E-state index in [1.54, 1.807) is 12.1 Å². The molecule has 0 bridgehead atoms. The first kappa shape index (κ1) is 15.5. The number of rotatable bonds is 4. The van der Waals surface area contributed by atoms with Crippen LogP contribution in [0, 0.1) is 0 Å². The molecular formula is C14H12F3NO2S. The number of nitrogens with zero attached hydrogens (tertiary/aromatic N) is 1. The van der Waals surface area contributed by atoms with Crippen molar-refractivity contribution in [3.63, 3.8) is 0 Å². The number of hydrogen-bond donors (Lipinski definition) is 0. The Labute approximate surface area is 122 Å². The molecule has 0 aliphatic carbocycles. The predicted molar refractivity (Wildman–Crippen MR) is 73.7 cm³/mol. The number of hydrogen-bond acceptors (Lipinski definition) is 3. The molecule has 0 spiro atoms. The normalized spacial score (nSPS) is 11.6. The number of halogens is 3. The van der Waals surface area contributed by atoms with Crippen LogP contribution in [-0.2, 0) is 19.1 Å².